The van der Waals surface area contributed by atoms with E-state index in [0.29, 0.717) is 13.1 Å². The van der Waals surface area contributed by atoms with Crippen LogP contribution >= 0.6 is 0 Å². The van der Waals surface area contributed by atoms with Crippen LogP contribution in [0.2, 0.25) is 0 Å². The van der Waals surface area contributed by atoms with Crippen LogP contribution in [0.4, 0.5) is 5.69 Å². The molecule has 0 atom stereocenters. The van der Waals surface area contributed by atoms with Crippen molar-refractivity contribution in [3.05, 3.63) is 65.7 Å². The Hall–Kier alpha value is -2.16. The van der Waals surface area contributed by atoms with Crippen LogP contribution in [0.5, 0.6) is 0 Å². The fourth-order valence-electron chi connectivity index (χ4n) is 1.54. The number of nitrogens with two attached hydrogens (primary N) is 1. The number of azo groups is 1. The third kappa shape index (κ3) is 3.72. The molecule has 0 saturated carbocycles. The summed E-state index contributed by atoms with van der Waals surface area (Å²) in [6.07, 6.45) is 0. The Labute approximate surface area is 101 Å². The second kappa shape index (κ2) is 5.80. The average Bonchev–Trinajstić information content (AvgIpc) is 2.36. The minimum atomic E-state index is 0.581. The van der Waals surface area contributed by atoms with Gasteiger partial charge in [-0.2, -0.15) is 10.2 Å². The van der Waals surface area contributed by atoms with Gasteiger partial charge in [0, 0.05) is 5.69 Å². The van der Waals surface area contributed by atoms with Gasteiger partial charge in [0.05, 0.1) is 13.1 Å². The normalized spacial score (nSPS) is 10.8. The summed E-state index contributed by atoms with van der Waals surface area (Å²) >= 11 is 0. The van der Waals surface area contributed by atoms with E-state index < -0.39 is 0 Å². The Morgan fingerprint density at radius 1 is 0.765 bits per heavy atom. The monoisotopic (exact) mass is 225 g/mol. The highest BCUT2D eigenvalue weighted by Crippen LogP contribution is 2.08. The van der Waals surface area contributed by atoms with Gasteiger partial charge in [0.25, 0.3) is 0 Å². The van der Waals surface area contributed by atoms with E-state index in [4.69, 9.17) is 5.73 Å². The Morgan fingerprint density at radius 3 is 2.12 bits per heavy atom. The zero-order chi connectivity index (χ0) is 11.9. The van der Waals surface area contributed by atoms with Gasteiger partial charge in [0.2, 0.25) is 0 Å². The predicted molar refractivity (Wildman–Crippen MR) is 69.6 cm³/mol. The van der Waals surface area contributed by atoms with Gasteiger partial charge in [-0.25, -0.2) is 0 Å². The van der Waals surface area contributed by atoms with Crippen molar-refractivity contribution in [2.75, 3.05) is 5.73 Å². The summed E-state index contributed by atoms with van der Waals surface area (Å²) in [6, 6.07) is 17.8. The number of anilines is 1. The highest BCUT2D eigenvalue weighted by molar-refractivity contribution is 5.40. The van der Waals surface area contributed by atoms with E-state index in [-0.39, 0.29) is 0 Å². The van der Waals surface area contributed by atoms with Crippen LogP contribution in [-0.4, -0.2) is 0 Å². The molecule has 0 aromatic heterocycles. The summed E-state index contributed by atoms with van der Waals surface area (Å²) in [4.78, 5) is 0. The first kappa shape index (κ1) is 11.3. The van der Waals surface area contributed by atoms with E-state index >= 15 is 0 Å². The minimum absolute atomic E-state index is 0.581. The Kier molecular flexibility index (Phi) is 3.86. The Bertz CT molecular complexity index is 492. The molecule has 17 heavy (non-hydrogen) atoms. The zero-order valence-electron chi connectivity index (χ0n) is 9.58. The van der Waals surface area contributed by atoms with Crippen molar-refractivity contribution in [3.63, 3.8) is 0 Å². The first-order valence-corrected chi connectivity index (χ1v) is 5.56. The summed E-state index contributed by atoms with van der Waals surface area (Å²) in [7, 11) is 0. The van der Waals surface area contributed by atoms with Crippen LogP contribution in [0, 0.1) is 0 Å². The average molecular weight is 225 g/mol. The standard InChI is InChI=1S/C14H15N3/c15-14-8-4-7-13(9-14)11-17-16-10-12-5-2-1-3-6-12/h1-9H,10-11,15H2. The molecule has 0 aliphatic rings. The molecular formula is C14H15N3. The van der Waals surface area contributed by atoms with Crippen LogP contribution < -0.4 is 5.73 Å². The number of nitrogen functional groups attached to an aromatic ring is 1. The highest BCUT2D eigenvalue weighted by atomic mass is 15.1. The molecule has 2 aromatic carbocycles. The molecule has 2 rings (SSSR count). The minimum Gasteiger partial charge on any atom is -0.399 e. The largest absolute Gasteiger partial charge is 0.399 e. The number of hydrogen-bond donors (Lipinski definition) is 1. The fourth-order valence-corrected chi connectivity index (χ4v) is 1.54. The van der Waals surface area contributed by atoms with E-state index in [9.17, 15) is 0 Å². The number of benzene rings is 2. The lowest BCUT2D eigenvalue weighted by atomic mass is 10.2. The van der Waals surface area contributed by atoms with Gasteiger partial charge in [-0.1, -0.05) is 42.5 Å². The Morgan fingerprint density at radius 2 is 1.41 bits per heavy atom. The van der Waals surface area contributed by atoms with Gasteiger partial charge in [0.1, 0.15) is 0 Å². The maximum absolute atomic E-state index is 5.68. The third-order valence-corrected chi connectivity index (χ3v) is 2.40. The zero-order valence-corrected chi connectivity index (χ0v) is 9.58. The summed E-state index contributed by atoms with van der Waals surface area (Å²) in [5.74, 6) is 0. The molecular weight excluding hydrogens is 210 g/mol. The molecule has 0 bridgehead atoms. The molecule has 0 fully saturated rings. The fraction of sp³-hybridized carbons (Fsp3) is 0.143. The quantitative estimate of drug-likeness (QED) is 0.629. The van der Waals surface area contributed by atoms with Crippen LogP contribution in [0.1, 0.15) is 11.1 Å². The van der Waals surface area contributed by atoms with Crippen molar-refractivity contribution in [2.24, 2.45) is 10.2 Å². The topological polar surface area (TPSA) is 50.7 Å². The molecule has 0 saturated heterocycles. The summed E-state index contributed by atoms with van der Waals surface area (Å²) in [5.41, 5.74) is 8.70. The lowest BCUT2D eigenvalue weighted by molar-refractivity contribution is 0.851. The van der Waals surface area contributed by atoms with E-state index in [1.165, 1.54) is 5.56 Å². The number of rotatable bonds is 4. The summed E-state index contributed by atoms with van der Waals surface area (Å²) in [6.45, 7) is 1.21. The van der Waals surface area contributed by atoms with Gasteiger partial charge in [-0.15, -0.1) is 0 Å². The molecule has 0 unspecified atom stereocenters. The summed E-state index contributed by atoms with van der Waals surface area (Å²) < 4.78 is 0. The van der Waals surface area contributed by atoms with E-state index in [0.717, 1.165) is 11.3 Å². The predicted octanol–water partition coefficient (Wildman–Crippen LogP) is 3.42. The Balaban J connectivity index is 1.86. The summed E-state index contributed by atoms with van der Waals surface area (Å²) in [5, 5.41) is 8.30. The smallest absolute Gasteiger partial charge is 0.0850 e. The van der Waals surface area contributed by atoms with Crippen molar-refractivity contribution in [1.82, 2.24) is 0 Å². The molecule has 3 heteroatoms. The second-order valence-corrected chi connectivity index (χ2v) is 3.83. The van der Waals surface area contributed by atoms with Gasteiger partial charge in [-0.05, 0) is 23.3 Å². The molecule has 0 heterocycles. The molecule has 0 radical (unpaired) electrons. The van der Waals surface area contributed by atoms with Gasteiger partial charge >= 0.3 is 0 Å². The molecule has 2 aromatic rings. The number of nitrogens with zero attached hydrogens (tertiary/aromatic N) is 2. The van der Waals surface area contributed by atoms with Crippen molar-refractivity contribution in [3.8, 4) is 0 Å². The van der Waals surface area contributed by atoms with Gasteiger partial charge < -0.3 is 5.73 Å². The van der Waals surface area contributed by atoms with E-state index in [1.807, 2.05) is 54.6 Å². The molecule has 2 N–H and O–H groups in total. The van der Waals surface area contributed by atoms with Crippen molar-refractivity contribution in [1.29, 1.82) is 0 Å². The number of hydrogen-bond acceptors (Lipinski definition) is 3. The van der Waals surface area contributed by atoms with Crippen molar-refractivity contribution in [2.45, 2.75) is 13.1 Å². The SMILES string of the molecule is Nc1cccc(CN=NCc2ccccc2)c1. The van der Waals surface area contributed by atoms with Crippen LogP contribution in [0.25, 0.3) is 0 Å². The maximum atomic E-state index is 5.68. The molecule has 0 aliphatic heterocycles. The van der Waals surface area contributed by atoms with Gasteiger partial charge in [-0.3, -0.25) is 0 Å². The molecule has 0 amide bonds. The van der Waals surface area contributed by atoms with Crippen LogP contribution in [-0.2, 0) is 13.1 Å². The van der Waals surface area contributed by atoms with Crippen molar-refractivity contribution < 1.29 is 0 Å². The molecule has 0 spiro atoms. The third-order valence-electron chi connectivity index (χ3n) is 2.40. The molecule has 86 valence electrons. The first-order valence-electron chi connectivity index (χ1n) is 5.56. The van der Waals surface area contributed by atoms with Crippen LogP contribution in [0.3, 0.4) is 0 Å². The highest BCUT2D eigenvalue weighted by Gasteiger charge is 1.91. The van der Waals surface area contributed by atoms with E-state index in [2.05, 4.69) is 10.2 Å². The molecule has 3 nitrogen and oxygen atoms in total. The van der Waals surface area contributed by atoms with Crippen LogP contribution in [0.15, 0.2) is 64.8 Å². The van der Waals surface area contributed by atoms with Gasteiger partial charge in [0.15, 0.2) is 0 Å². The lowest BCUT2D eigenvalue weighted by Gasteiger charge is -1.97. The lowest BCUT2D eigenvalue weighted by Crippen LogP contribution is -1.87. The van der Waals surface area contributed by atoms with E-state index in [1.54, 1.807) is 0 Å². The maximum Gasteiger partial charge on any atom is 0.0850 e. The second-order valence-electron chi connectivity index (χ2n) is 3.83. The molecule has 0 aliphatic carbocycles. The first-order chi connectivity index (χ1) is 8.34. The van der Waals surface area contributed by atoms with Crippen molar-refractivity contribution >= 4 is 5.69 Å².